The number of benzene rings is 1. The van der Waals surface area contributed by atoms with E-state index in [9.17, 15) is 14.7 Å². The van der Waals surface area contributed by atoms with Crippen molar-refractivity contribution in [2.45, 2.75) is 12.7 Å². The smallest absolute Gasteiger partial charge is 0.382 e. The van der Waals surface area contributed by atoms with Gasteiger partial charge in [-0.2, -0.15) is 0 Å². The molecule has 0 amide bonds. The Morgan fingerprint density at radius 2 is 1.80 bits per heavy atom. The minimum absolute atomic E-state index is 0.00676. The summed E-state index contributed by atoms with van der Waals surface area (Å²) in [5.74, 6) is -5.12. The first-order valence-electron chi connectivity index (χ1n) is 4.17. The van der Waals surface area contributed by atoms with Crippen LogP contribution in [0.4, 0.5) is 0 Å². The summed E-state index contributed by atoms with van der Waals surface area (Å²) >= 11 is 0. The fourth-order valence-corrected chi connectivity index (χ4v) is 1.10. The maximum absolute atomic E-state index is 10.8. The van der Waals surface area contributed by atoms with E-state index in [1.54, 1.807) is 6.07 Å². The molecular formula is C10H10O5. The molecule has 0 unspecified atom stereocenters. The van der Waals surface area contributed by atoms with Crippen molar-refractivity contribution in [2.75, 3.05) is 0 Å². The third-order valence-electron chi connectivity index (χ3n) is 1.75. The maximum atomic E-state index is 10.8. The number of carboxylic acids is 1. The zero-order valence-corrected chi connectivity index (χ0v) is 8.01. The Hall–Kier alpha value is -1.88. The van der Waals surface area contributed by atoms with E-state index in [0.717, 1.165) is 6.92 Å². The number of esters is 1. The molecule has 0 bridgehead atoms. The van der Waals surface area contributed by atoms with E-state index in [4.69, 9.17) is 5.11 Å². The van der Waals surface area contributed by atoms with Crippen LogP contribution in [0.3, 0.4) is 0 Å². The van der Waals surface area contributed by atoms with Gasteiger partial charge in [0.2, 0.25) is 0 Å². The molecule has 1 atom stereocenters. The fraction of sp³-hybridized carbons (Fsp3) is 0.200. The van der Waals surface area contributed by atoms with Gasteiger partial charge in [0.1, 0.15) is 0 Å². The number of aliphatic carboxylic acids is 1. The van der Waals surface area contributed by atoms with Gasteiger partial charge in [-0.25, -0.2) is 4.79 Å². The third-order valence-corrected chi connectivity index (χ3v) is 1.75. The van der Waals surface area contributed by atoms with Crippen LogP contribution >= 0.6 is 0 Å². The summed E-state index contributed by atoms with van der Waals surface area (Å²) < 4.78 is 4.40. The van der Waals surface area contributed by atoms with E-state index < -0.39 is 17.7 Å². The largest absolute Gasteiger partial charge is 0.476 e. The maximum Gasteiger partial charge on any atom is 0.382 e. The van der Waals surface area contributed by atoms with Crippen LogP contribution in [0.5, 0.6) is 0 Å². The molecule has 0 heterocycles. The Morgan fingerprint density at radius 1 is 1.27 bits per heavy atom. The Labute approximate surface area is 85.9 Å². The lowest BCUT2D eigenvalue weighted by Gasteiger charge is -2.22. The second-order valence-electron chi connectivity index (χ2n) is 2.91. The molecule has 0 fully saturated rings. The number of hydrogen-bond donors (Lipinski definition) is 2. The van der Waals surface area contributed by atoms with Crippen molar-refractivity contribution in [3.8, 4) is 0 Å². The summed E-state index contributed by atoms with van der Waals surface area (Å²) in [5.41, 5.74) is -0.00676. The molecule has 15 heavy (non-hydrogen) atoms. The molecule has 1 aromatic carbocycles. The van der Waals surface area contributed by atoms with Crippen molar-refractivity contribution < 1.29 is 24.5 Å². The van der Waals surface area contributed by atoms with E-state index in [1.165, 1.54) is 24.3 Å². The molecule has 0 saturated carbocycles. The molecule has 80 valence electrons. The minimum atomic E-state index is -2.62. The molecule has 5 heteroatoms. The van der Waals surface area contributed by atoms with Crippen molar-refractivity contribution >= 4 is 11.9 Å². The number of ether oxygens (including phenoxy) is 1. The highest BCUT2D eigenvalue weighted by Gasteiger charge is 2.41. The van der Waals surface area contributed by atoms with Crippen LogP contribution in [0.1, 0.15) is 12.5 Å². The van der Waals surface area contributed by atoms with Gasteiger partial charge in [-0.05, 0) is 0 Å². The summed E-state index contributed by atoms with van der Waals surface area (Å²) in [6.07, 6.45) is 0. The molecule has 1 rings (SSSR count). The highest BCUT2D eigenvalue weighted by Crippen LogP contribution is 2.22. The van der Waals surface area contributed by atoms with Gasteiger partial charge in [0.05, 0.1) is 0 Å². The predicted molar refractivity (Wildman–Crippen MR) is 49.7 cm³/mol. The van der Waals surface area contributed by atoms with Gasteiger partial charge in [0, 0.05) is 12.5 Å². The standard InChI is InChI=1S/C10H10O5/c1-7(11)15-10(14,9(12)13)8-5-3-2-4-6-8/h2-6,14H,1H3,(H,12,13)/t10-/m0/s1. The van der Waals surface area contributed by atoms with Gasteiger partial charge in [-0.1, -0.05) is 30.3 Å². The van der Waals surface area contributed by atoms with Gasteiger partial charge >= 0.3 is 17.7 Å². The fourth-order valence-electron chi connectivity index (χ4n) is 1.10. The SMILES string of the molecule is CC(=O)O[C@](O)(C(=O)O)c1ccccc1. The number of carbonyl (C=O) groups is 2. The monoisotopic (exact) mass is 210 g/mol. The van der Waals surface area contributed by atoms with E-state index >= 15 is 0 Å². The van der Waals surface area contributed by atoms with Gasteiger partial charge in [0.15, 0.2) is 0 Å². The molecule has 1 aromatic rings. The zero-order chi connectivity index (χ0) is 11.5. The molecule has 0 aliphatic heterocycles. The Bertz CT molecular complexity index is 373. The van der Waals surface area contributed by atoms with E-state index in [1.807, 2.05) is 0 Å². The minimum Gasteiger partial charge on any atom is -0.476 e. The number of rotatable bonds is 3. The van der Waals surface area contributed by atoms with Crippen molar-refractivity contribution in [1.82, 2.24) is 0 Å². The molecule has 0 saturated heterocycles. The van der Waals surface area contributed by atoms with Crippen molar-refractivity contribution in [1.29, 1.82) is 0 Å². The molecule has 0 aliphatic rings. The number of carbonyl (C=O) groups excluding carboxylic acids is 1. The van der Waals surface area contributed by atoms with Crippen LogP contribution in [0.2, 0.25) is 0 Å². The highest BCUT2D eigenvalue weighted by atomic mass is 16.7. The number of hydrogen-bond acceptors (Lipinski definition) is 4. The van der Waals surface area contributed by atoms with E-state index in [-0.39, 0.29) is 5.56 Å². The van der Waals surface area contributed by atoms with Crippen LogP contribution in [-0.2, 0) is 20.1 Å². The first kappa shape index (κ1) is 11.2. The average molecular weight is 210 g/mol. The van der Waals surface area contributed by atoms with E-state index in [0.29, 0.717) is 0 Å². The Balaban J connectivity index is 3.13. The highest BCUT2D eigenvalue weighted by molar-refractivity contribution is 5.81. The lowest BCUT2D eigenvalue weighted by Crippen LogP contribution is -2.39. The average Bonchev–Trinajstić information content (AvgIpc) is 2.17. The summed E-state index contributed by atoms with van der Waals surface area (Å²) in [5, 5.41) is 18.5. The lowest BCUT2D eigenvalue weighted by atomic mass is 10.1. The quantitative estimate of drug-likeness (QED) is 0.560. The third kappa shape index (κ3) is 2.32. The Kier molecular flexibility index (Phi) is 3.06. The summed E-state index contributed by atoms with van der Waals surface area (Å²) in [6, 6.07) is 7.44. The van der Waals surface area contributed by atoms with Gasteiger partial charge in [-0.3, -0.25) is 4.79 Å². The van der Waals surface area contributed by atoms with Crippen molar-refractivity contribution in [2.24, 2.45) is 0 Å². The summed E-state index contributed by atoms with van der Waals surface area (Å²) in [4.78, 5) is 21.5. The number of aliphatic hydroxyl groups is 1. The molecule has 0 spiro atoms. The van der Waals surface area contributed by atoms with E-state index in [2.05, 4.69) is 4.74 Å². The predicted octanol–water partition coefficient (Wildman–Crippen LogP) is 0.479. The van der Waals surface area contributed by atoms with Crippen LogP contribution in [-0.4, -0.2) is 22.2 Å². The van der Waals surface area contributed by atoms with Crippen molar-refractivity contribution in [3.63, 3.8) is 0 Å². The molecule has 2 N–H and O–H groups in total. The van der Waals surface area contributed by atoms with Crippen LogP contribution in [0.15, 0.2) is 30.3 Å². The first-order valence-corrected chi connectivity index (χ1v) is 4.17. The molecule has 0 aliphatic carbocycles. The van der Waals surface area contributed by atoms with Crippen molar-refractivity contribution in [3.05, 3.63) is 35.9 Å². The molecular weight excluding hydrogens is 200 g/mol. The van der Waals surface area contributed by atoms with Crippen LogP contribution in [0, 0.1) is 0 Å². The van der Waals surface area contributed by atoms with Gasteiger partial charge in [-0.15, -0.1) is 0 Å². The van der Waals surface area contributed by atoms with Gasteiger partial charge in [0.25, 0.3) is 0 Å². The summed E-state index contributed by atoms with van der Waals surface area (Å²) in [7, 11) is 0. The topological polar surface area (TPSA) is 83.8 Å². The van der Waals surface area contributed by atoms with Crippen LogP contribution in [0.25, 0.3) is 0 Å². The molecule has 0 aromatic heterocycles. The normalized spacial score (nSPS) is 14.0. The Morgan fingerprint density at radius 3 is 2.20 bits per heavy atom. The molecule has 5 nitrogen and oxygen atoms in total. The summed E-state index contributed by atoms with van der Waals surface area (Å²) in [6.45, 7) is 1.02. The first-order chi connectivity index (χ1) is 6.97. The number of carboxylic acid groups (broad SMARTS) is 1. The lowest BCUT2D eigenvalue weighted by molar-refractivity contribution is -0.226. The van der Waals surface area contributed by atoms with Crippen LogP contribution < -0.4 is 0 Å². The second-order valence-corrected chi connectivity index (χ2v) is 2.91. The van der Waals surface area contributed by atoms with Gasteiger partial charge < -0.3 is 14.9 Å². The molecule has 0 radical (unpaired) electrons. The zero-order valence-electron chi connectivity index (χ0n) is 8.01. The second kappa shape index (κ2) is 4.10.